The molecule has 0 unspecified atom stereocenters. The molecule has 3 nitrogen and oxygen atoms in total. The van der Waals surface area contributed by atoms with E-state index >= 15 is 0 Å². The Balaban J connectivity index is 1.09. The minimum absolute atomic E-state index is 0.647. The highest BCUT2D eigenvalue weighted by Gasteiger charge is 2.18. The SMILES string of the molecule is c1ccc(-c2nc(-c3ccc(-c4cccc5ccc6ccc7cccc(-c8ccccc8)c7c6c45)cc3)nc(-c3cccc4sc5ccccc5c34)n2)cc1. The molecule has 0 fully saturated rings. The summed E-state index contributed by atoms with van der Waals surface area (Å²) in [5.41, 5.74) is 7.70. The van der Waals surface area contributed by atoms with Gasteiger partial charge in [0.05, 0.1) is 0 Å². The van der Waals surface area contributed by atoms with Gasteiger partial charge in [-0.2, -0.15) is 0 Å². The Labute approximate surface area is 321 Å². The van der Waals surface area contributed by atoms with Gasteiger partial charge in [0.15, 0.2) is 17.5 Å². The zero-order valence-corrected chi connectivity index (χ0v) is 30.5. The van der Waals surface area contributed by atoms with E-state index in [1.165, 1.54) is 69.2 Å². The summed E-state index contributed by atoms with van der Waals surface area (Å²) in [6.07, 6.45) is 0. The van der Waals surface area contributed by atoms with Gasteiger partial charge in [0.1, 0.15) is 0 Å². The van der Waals surface area contributed by atoms with Crippen LogP contribution in [0.3, 0.4) is 0 Å². The number of hydrogen-bond donors (Lipinski definition) is 0. The molecule has 0 spiro atoms. The van der Waals surface area contributed by atoms with Crippen molar-refractivity contribution < 1.29 is 0 Å². The molecule has 4 heteroatoms. The van der Waals surface area contributed by atoms with Gasteiger partial charge in [-0.3, -0.25) is 0 Å². The Hall–Kier alpha value is -7.01. The first-order chi connectivity index (χ1) is 27.3. The van der Waals surface area contributed by atoms with Crippen molar-refractivity contribution >= 4 is 63.8 Å². The maximum absolute atomic E-state index is 5.18. The fourth-order valence-corrected chi connectivity index (χ4v) is 9.30. The minimum atomic E-state index is 0.647. The molecule has 0 bridgehead atoms. The lowest BCUT2D eigenvalue weighted by Gasteiger charge is -2.16. The summed E-state index contributed by atoms with van der Waals surface area (Å²) in [5, 5.41) is 9.89. The van der Waals surface area contributed by atoms with Crippen LogP contribution in [-0.2, 0) is 0 Å². The molecule has 11 rings (SSSR count). The lowest BCUT2D eigenvalue weighted by molar-refractivity contribution is 1.08. The van der Waals surface area contributed by atoms with Crippen LogP contribution in [0.1, 0.15) is 0 Å². The van der Waals surface area contributed by atoms with E-state index in [9.17, 15) is 0 Å². The molecule has 0 saturated carbocycles. The smallest absolute Gasteiger partial charge is 0.164 e. The van der Waals surface area contributed by atoms with Crippen LogP contribution in [0, 0.1) is 0 Å². The van der Waals surface area contributed by atoms with E-state index in [-0.39, 0.29) is 0 Å². The molecule has 9 aromatic carbocycles. The summed E-state index contributed by atoms with van der Waals surface area (Å²) in [4.78, 5) is 15.4. The van der Waals surface area contributed by atoms with Gasteiger partial charge in [0.25, 0.3) is 0 Å². The highest BCUT2D eigenvalue weighted by atomic mass is 32.1. The largest absolute Gasteiger partial charge is 0.208 e. The van der Waals surface area contributed by atoms with Crippen LogP contribution in [0.15, 0.2) is 188 Å². The Morgan fingerprint density at radius 1 is 0.273 bits per heavy atom. The van der Waals surface area contributed by atoms with Gasteiger partial charge in [-0.15, -0.1) is 11.3 Å². The van der Waals surface area contributed by atoms with Gasteiger partial charge in [0, 0.05) is 36.9 Å². The standard InChI is InChI=1S/C51H31N3S/c1-3-12-32(13-4-1)39-19-9-16-34-26-28-36-29-27-35-17-10-20-40(46(35)47(36)45(34)39)33-24-30-38(31-25-33)50-52-49(37-14-5-2-6-15-37)53-51(54-50)42-21-11-23-44-48(42)41-18-7-8-22-43(41)55-44/h1-31H. The number of benzene rings is 9. The number of aromatic nitrogens is 3. The second kappa shape index (κ2) is 12.8. The Morgan fingerprint density at radius 2 is 0.727 bits per heavy atom. The maximum Gasteiger partial charge on any atom is 0.164 e. The molecule has 0 atom stereocenters. The highest BCUT2D eigenvalue weighted by molar-refractivity contribution is 7.25. The van der Waals surface area contributed by atoms with Gasteiger partial charge in [0.2, 0.25) is 0 Å². The summed E-state index contributed by atoms with van der Waals surface area (Å²) >= 11 is 1.80. The summed E-state index contributed by atoms with van der Waals surface area (Å²) < 4.78 is 2.47. The van der Waals surface area contributed by atoms with E-state index in [4.69, 9.17) is 15.0 Å². The van der Waals surface area contributed by atoms with E-state index in [1.807, 2.05) is 18.2 Å². The van der Waals surface area contributed by atoms with E-state index in [0.717, 1.165) is 22.3 Å². The van der Waals surface area contributed by atoms with Crippen LogP contribution in [0.5, 0.6) is 0 Å². The number of hydrogen-bond acceptors (Lipinski definition) is 4. The van der Waals surface area contributed by atoms with Crippen LogP contribution < -0.4 is 0 Å². The van der Waals surface area contributed by atoms with Crippen LogP contribution in [0.25, 0.3) is 109 Å². The van der Waals surface area contributed by atoms with Crippen molar-refractivity contribution in [1.29, 1.82) is 0 Å². The van der Waals surface area contributed by atoms with Crippen LogP contribution in [-0.4, -0.2) is 15.0 Å². The second-order valence-electron chi connectivity index (χ2n) is 13.9. The molecule has 55 heavy (non-hydrogen) atoms. The summed E-state index contributed by atoms with van der Waals surface area (Å²) in [6.45, 7) is 0. The highest BCUT2D eigenvalue weighted by Crippen LogP contribution is 2.43. The van der Waals surface area contributed by atoms with Crippen molar-refractivity contribution in [2.24, 2.45) is 0 Å². The zero-order valence-electron chi connectivity index (χ0n) is 29.6. The molecule has 0 saturated heterocycles. The van der Waals surface area contributed by atoms with Crippen molar-refractivity contribution in [2.75, 3.05) is 0 Å². The van der Waals surface area contributed by atoms with Crippen molar-refractivity contribution in [3.8, 4) is 56.4 Å². The molecular weight excluding hydrogens is 687 g/mol. The second-order valence-corrected chi connectivity index (χ2v) is 15.0. The lowest BCUT2D eigenvalue weighted by Crippen LogP contribution is -2.00. The van der Waals surface area contributed by atoms with Crippen molar-refractivity contribution in [3.05, 3.63) is 188 Å². The van der Waals surface area contributed by atoms with E-state index in [2.05, 4.69) is 170 Å². The van der Waals surface area contributed by atoms with Gasteiger partial charge < -0.3 is 0 Å². The van der Waals surface area contributed by atoms with Crippen molar-refractivity contribution in [1.82, 2.24) is 15.0 Å². The topological polar surface area (TPSA) is 38.7 Å². The molecule has 0 radical (unpaired) electrons. The molecule has 2 aromatic heterocycles. The average Bonchev–Trinajstić information content (AvgIpc) is 3.65. The Morgan fingerprint density at radius 3 is 1.38 bits per heavy atom. The Bertz CT molecular complexity index is 3240. The van der Waals surface area contributed by atoms with Gasteiger partial charge in [-0.25, -0.2) is 15.0 Å². The fraction of sp³-hybridized carbons (Fsp3) is 0. The molecule has 0 amide bonds. The monoisotopic (exact) mass is 717 g/mol. The van der Waals surface area contributed by atoms with Crippen molar-refractivity contribution in [2.45, 2.75) is 0 Å². The van der Waals surface area contributed by atoms with Crippen LogP contribution >= 0.6 is 11.3 Å². The molecule has 0 N–H and O–H groups in total. The van der Waals surface area contributed by atoms with Crippen molar-refractivity contribution in [3.63, 3.8) is 0 Å². The molecule has 11 aromatic rings. The van der Waals surface area contributed by atoms with Crippen LogP contribution in [0.4, 0.5) is 0 Å². The third kappa shape index (κ3) is 5.30. The first kappa shape index (κ1) is 31.5. The van der Waals surface area contributed by atoms with Gasteiger partial charge >= 0.3 is 0 Å². The number of fused-ring (bicyclic) bond motifs is 8. The fourth-order valence-electron chi connectivity index (χ4n) is 8.17. The summed E-state index contributed by atoms with van der Waals surface area (Å²) in [5.74, 6) is 1.97. The molecule has 0 aliphatic rings. The third-order valence-electron chi connectivity index (χ3n) is 10.7. The number of nitrogens with zero attached hydrogens (tertiary/aromatic N) is 3. The third-order valence-corrected chi connectivity index (χ3v) is 11.9. The van der Waals surface area contributed by atoms with Crippen LogP contribution in [0.2, 0.25) is 0 Å². The van der Waals surface area contributed by atoms with E-state index < -0.39 is 0 Å². The molecule has 2 heterocycles. The summed E-state index contributed by atoms with van der Waals surface area (Å²) in [6, 6.07) is 67.0. The summed E-state index contributed by atoms with van der Waals surface area (Å²) in [7, 11) is 0. The Kier molecular flexibility index (Phi) is 7.35. The maximum atomic E-state index is 5.18. The average molecular weight is 718 g/mol. The minimum Gasteiger partial charge on any atom is -0.208 e. The zero-order chi connectivity index (χ0) is 36.3. The first-order valence-electron chi connectivity index (χ1n) is 18.5. The first-order valence-corrected chi connectivity index (χ1v) is 19.3. The number of thiophene rings is 1. The molecule has 0 aliphatic carbocycles. The predicted octanol–water partition coefficient (Wildman–Crippen LogP) is 14.0. The predicted molar refractivity (Wildman–Crippen MR) is 232 cm³/mol. The number of rotatable bonds is 5. The lowest BCUT2D eigenvalue weighted by atomic mass is 9.88. The normalized spacial score (nSPS) is 11.6. The van der Waals surface area contributed by atoms with E-state index in [1.54, 1.807) is 11.3 Å². The quantitative estimate of drug-likeness (QED) is 0.166. The van der Waals surface area contributed by atoms with E-state index in [0.29, 0.717) is 17.5 Å². The molecule has 256 valence electrons. The molecule has 0 aliphatic heterocycles. The molecular formula is C51H31N3S. The van der Waals surface area contributed by atoms with Gasteiger partial charge in [-0.1, -0.05) is 176 Å². The van der Waals surface area contributed by atoms with Gasteiger partial charge in [-0.05, 0) is 66.7 Å².